The van der Waals surface area contributed by atoms with E-state index < -0.39 is 0 Å². The number of benzene rings is 1. The standard InChI is InChI=1S/C20H22N2O2/c21-20-17-3-1-2-13(17)4-9-18(20)14-10-11-22-19(12-14)24-16-7-5-15(23)6-8-16/h4,9-12,16H,1-3,5-8,21H2. The molecule has 1 aromatic heterocycles. The average Bonchev–Trinajstić information content (AvgIpc) is 3.07. The van der Waals surface area contributed by atoms with Gasteiger partial charge in [0, 0.05) is 36.4 Å². The Balaban J connectivity index is 1.58. The summed E-state index contributed by atoms with van der Waals surface area (Å²) in [5.74, 6) is 0.953. The molecule has 2 aromatic rings. The van der Waals surface area contributed by atoms with Crippen molar-refractivity contribution in [3.05, 3.63) is 41.6 Å². The Bertz CT molecular complexity index is 775. The van der Waals surface area contributed by atoms with Crippen LogP contribution in [-0.2, 0) is 17.6 Å². The van der Waals surface area contributed by atoms with Crippen LogP contribution in [0.4, 0.5) is 5.69 Å². The van der Waals surface area contributed by atoms with Crippen molar-refractivity contribution in [1.82, 2.24) is 4.98 Å². The van der Waals surface area contributed by atoms with E-state index in [-0.39, 0.29) is 6.10 Å². The lowest BCUT2D eigenvalue weighted by atomic mass is 9.96. The van der Waals surface area contributed by atoms with Crippen LogP contribution < -0.4 is 10.5 Å². The number of ether oxygens (including phenoxy) is 1. The van der Waals surface area contributed by atoms with Gasteiger partial charge in [-0.1, -0.05) is 12.1 Å². The number of pyridine rings is 1. The molecule has 1 saturated carbocycles. The predicted molar refractivity (Wildman–Crippen MR) is 94.0 cm³/mol. The lowest BCUT2D eigenvalue weighted by molar-refractivity contribution is -0.121. The van der Waals surface area contributed by atoms with Crippen molar-refractivity contribution in [3.8, 4) is 17.0 Å². The van der Waals surface area contributed by atoms with Crippen LogP contribution in [0.1, 0.15) is 43.2 Å². The van der Waals surface area contributed by atoms with E-state index in [1.165, 1.54) is 17.5 Å². The SMILES string of the molecule is Nc1c(-c2ccnc(OC3CCC(=O)CC3)c2)ccc2c1CCC2. The Labute approximate surface area is 142 Å². The van der Waals surface area contributed by atoms with Gasteiger partial charge >= 0.3 is 0 Å². The molecule has 4 heteroatoms. The van der Waals surface area contributed by atoms with Crippen LogP contribution in [-0.4, -0.2) is 16.9 Å². The maximum absolute atomic E-state index is 11.3. The molecule has 124 valence electrons. The summed E-state index contributed by atoms with van der Waals surface area (Å²) in [7, 11) is 0. The largest absolute Gasteiger partial charge is 0.474 e. The number of nitrogens with zero attached hydrogens (tertiary/aromatic N) is 1. The van der Waals surface area contributed by atoms with Gasteiger partial charge in [-0.3, -0.25) is 4.79 Å². The molecule has 0 unspecified atom stereocenters. The number of hydrogen-bond acceptors (Lipinski definition) is 4. The van der Waals surface area contributed by atoms with Gasteiger partial charge in [0.05, 0.1) is 0 Å². The molecule has 1 heterocycles. The lowest BCUT2D eigenvalue weighted by Crippen LogP contribution is -2.24. The highest BCUT2D eigenvalue weighted by atomic mass is 16.5. The Kier molecular flexibility index (Phi) is 3.97. The molecule has 4 rings (SSSR count). The van der Waals surface area contributed by atoms with Gasteiger partial charge in [0.25, 0.3) is 0 Å². The third kappa shape index (κ3) is 2.88. The highest BCUT2D eigenvalue weighted by Gasteiger charge is 2.21. The molecule has 0 spiro atoms. The van der Waals surface area contributed by atoms with Crippen molar-refractivity contribution >= 4 is 11.5 Å². The molecule has 24 heavy (non-hydrogen) atoms. The van der Waals surface area contributed by atoms with Gasteiger partial charge in [-0.15, -0.1) is 0 Å². The van der Waals surface area contributed by atoms with Crippen molar-refractivity contribution in [2.45, 2.75) is 51.0 Å². The third-order valence-corrected chi connectivity index (χ3v) is 5.15. The average molecular weight is 322 g/mol. The van der Waals surface area contributed by atoms with Gasteiger partial charge in [-0.2, -0.15) is 0 Å². The van der Waals surface area contributed by atoms with E-state index in [1.54, 1.807) is 6.20 Å². The number of aryl methyl sites for hydroxylation is 1. The Morgan fingerprint density at radius 1 is 1.08 bits per heavy atom. The van der Waals surface area contributed by atoms with Crippen molar-refractivity contribution < 1.29 is 9.53 Å². The number of carbonyl (C=O) groups excluding carboxylic acids is 1. The first-order chi connectivity index (χ1) is 11.7. The number of aromatic nitrogens is 1. The molecule has 2 aliphatic rings. The van der Waals surface area contributed by atoms with Crippen molar-refractivity contribution in [1.29, 1.82) is 0 Å². The topological polar surface area (TPSA) is 65.2 Å². The Morgan fingerprint density at radius 2 is 1.92 bits per heavy atom. The summed E-state index contributed by atoms with van der Waals surface area (Å²) in [6.07, 6.45) is 8.04. The molecule has 2 N–H and O–H groups in total. The maximum Gasteiger partial charge on any atom is 0.214 e. The minimum atomic E-state index is 0.0859. The highest BCUT2D eigenvalue weighted by molar-refractivity contribution is 5.80. The van der Waals surface area contributed by atoms with Gasteiger partial charge in [0.2, 0.25) is 5.88 Å². The summed E-state index contributed by atoms with van der Waals surface area (Å²) in [6.45, 7) is 0. The number of Topliss-reactive ketones (excluding diaryl/α,β-unsaturated/α-hetero) is 1. The van der Waals surface area contributed by atoms with E-state index in [2.05, 4.69) is 17.1 Å². The zero-order valence-corrected chi connectivity index (χ0v) is 13.8. The van der Waals surface area contributed by atoms with Crippen LogP contribution in [0.15, 0.2) is 30.5 Å². The van der Waals surface area contributed by atoms with E-state index in [0.29, 0.717) is 24.5 Å². The molecule has 0 amide bonds. The fourth-order valence-electron chi connectivity index (χ4n) is 3.79. The summed E-state index contributed by atoms with van der Waals surface area (Å²) in [6, 6.07) is 8.24. The number of ketones is 1. The smallest absolute Gasteiger partial charge is 0.214 e. The van der Waals surface area contributed by atoms with E-state index in [4.69, 9.17) is 10.5 Å². The number of hydrogen-bond donors (Lipinski definition) is 1. The number of nitrogens with two attached hydrogens (primary N) is 1. The number of rotatable bonds is 3. The molecule has 0 saturated heterocycles. The zero-order chi connectivity index (χ0) is 16.5. The van der Waals surface area contributed by atoms with Crippen LogP contribution in [0.3, 0.4) is 0 Å². The molecule has 0 aliphatic heterocycles. The van der Waals surface area contributed by atoms with Crippen LogP contribution in [0.25, 0.3) is 11.1 Å². The normalized spacial score (nSPS) is 17.8. The fraction of sp³-hybridized carbons (Fsp3) is 0.400. The van der Waals surface area contributed by atoms with Gasteiger partial charge in [0.15, 0.2) is 0 Å². The van der Waals surface area contributed by atoms with Crippen LogP contribution in [0.5, 0.6) is 5.88 Å². The second-order valence-corrected chi connectivity index (χ2v) is 6.76. The van der Waals surface area contributed by atoms with E-state index in [0.717, 1.165) is 42.5 Å². The highest BCUT2D eigenvalue weighted by Crippen LogP contribution is 2.36. The summed E-state index contributed by atoms with van der Waals surface area (Å²) in [5, 5.41) is 0. The van der Waals surface area contributed by atoms with E-state index in [9.17, 15) is 4.79 Å². The second kappa shape index (κ2) is 6.27. The molecule has 1 fully saturated rings. The number of nitrogen functional groups attached to an aromatic ring is 1. The maximum atomic E-state index is 11.3. The first-order valence-electron chi connectivity index (χ1n) is 8.76. The number of anilines is 1. The van der Waals surface area contributed by atoms with Crippen LogP contribution in [0.2, 0.25) is 0 Å². The van der Waals surface area contributed by atoms with Crippen molar-refractivity contribution in [2.24, 2.45) is 0 Å². The molecule has 0 bridgehead atoms. The van der Waals surface area contributed by atoms with Crippen LogP contribution >= 0.6 is 0 Å². The summed E-state index contributed by atoms with van der Waals surface area (Å²) >= 11 is 0. The minimum Gasteiger partial charge on any atom is -0.474 e. The Hall–Kier alpha value is -2.36. The van der Waals surface area contributed by atoms with Gasteiger partial charge in [-0.25, -0.2) is 4.98 Å². The van der Waals surface area contributed by atoms with Gasteiger partial charge in [0.1, 0.15) is 11.9 Å². The first kappa shape index (κ1) is 15.2. The molecular weight excluding hydrogens is 300 g/mol. The molecule has 4 nitrogen and oxygen atoms in total. The summed E-state index contributed by atoms with van der Waals surface area (Å²) in [4.78, 5) is 15.7. The van der Waals surface area contributed by atoms with E-state index in [1.807, 2.05) is 12.1 Å². The minimum absolute atomic E-state index is 0.0859. The van der Waals surface area contributed by atoms with Gasteiger partial charge < -0.3 is 10.5 Å². The van der Waals surface area contributed by atoms with E-state index >= 15 is 0 Å². The van der Waals surface area contributed by atoms with Crippen LogP contribution in [0, 0.1) is 0 Å². The first-order valence-corrected chi connectivity index (χ1v) is 8.76. The molecule has 0 atom stereocenters. The molecular formula is C20H22N2O2. The summed E-state index contributed by atoms with van der Waals surface area (Å²) < 4.78 is 5.99. The Morgan fingerprint density at radius 3 is 2.75 bits per heavy atom. The van der Waals surface area contributed by atoms with Crippen molar-refractivity contribution in [2.75, 3.05) is 5.73 Å². The summed E-state index contributed by atoms with van der Waals surface area (Å²) in [5.41, 5.74) is 12.1. The second-order valence-electron chi connectivity index (χ2n) is 6.76. The third-order valence-electron chi connectivity index (χ3n) is 5.15. The molecule has 0 radical (unpaired) electrons. The quantitative estimate of drug-likeness (QED) is 0.875. The monoisotopic (exact) mass is 322 g/mol. The zero-order valence-electron chi connectivity index (χ0n) is 13.8. The molecule has 1 aromatic carbocycles. The van der Waals surface area contributed by atoms with Crippen molar-refractivity contribution in [3.63, 3.8) is 0 Å². The lowest BCUT2D eigenvalue weighted by Gasteiger charge is -2.22. The predicted octanol–water partition coefficient (Wildman–Crippen LogP) is 3.71. The number of carbonyl (C=O) groups is 1. The van der Waals surface area contributed by atoms with Gasteiger partial charge in [-0.05, 0) is 54.9 Å². The fourth-order valence-corrected chi connectivity index (χ4v) is 3.79. The molecule has 2 aliphatic carbocycles. The number of fused-ring (bicyclic) bond motifs is 1.